The molecule has 0 unspecified atom stereocenters. The van der Waals surface area contributed by atoms with Crippen LogP contribution in [-0.4, -0.2) is 23.5 Å². The first-order chi connectivity index (χ1) is 11.5. The summed E-state index contributed by atoms with van der Waals surface area (Å²) in [6, 6.07) is 12.8. The molecule has 0 bridgehead atoms. The molecule has 7 nitrogen and oxygen atoms in total. The Bertz CT molecular complexity index is 968. The van der Waals surface area contributed by atoms with Crippen molar-refractivity contribution >= 4 is 10.0 Å². The van der Waals surface area contributed by atoms with Crippen LogP contribution < -0.4 is 5.14 Å². The van der Waals surface area contributed by atoms with Gasteiger partial charge in [0, 0.05) is 29.3 Å². The molecule has 1 aliphatic carbocycles. The van der Waals surface area contributed by atoms with Crippen molar-refractivity contribution in [2.24, 2.45) is 5.14 Å². The number of hydrogen-bond acceptors (Lipinski definition) is 6. The standard InChI is InChI=1S/C16H14N4O3S/c17-24(21,22)11-6-7-14(18-9-11)12-8-13(12)16-19-15(20-23-16)10-4-2-1-3-5-10/h1-7,9,12-13H,8H2,(H2,17,21,22)/t12-,13-/m1/s1. The minimum atomic E-state index is -3.72. The van der Waals surface area contributed by atoms with Gasteiger partial charge in [0.1, 0.15) is 4.90 Å². The second kappa shape index (κ2) is 5.50. The molecule has 1 aliphatic rings. The lowest BCUT2D eigenvalue weighted by atomic mass is 10.2. The summed E-state index contributed by atoms with van der Waals surface area (Å²) in [6.45, 7) is 0. The maximum atomic E-state index is 11.3. The highest BCUT2D eigenvalue weighted by Gasteiger charge is 2.44. The van der Waals surface area contributed by atoms with Gasteiger partial charge in [0.15, 0.2) is 0 Å². The molecule has 3 aromatic rings. The van der Waals surface area contributed by atoms with Gasteiger partial charge in [-0.25, -0.2) is 13.6 Å². The molecule has 1 aromatic carbocycles. The number of nitrogens with zero attached hydrogens (tertiary/aromatic N) is 3. The molecule has 1 fully saturated rings. The Balaban J connectivity index is 1.52. The average Bonchev–Trinajstić information content (AvgIpc) is 3.23. The Labute approximate surface area is 138 Å². The third kappa shape index (κ3) is 2.81. The number of primary sulfonamides is 1. The summed E-state index contributed by atoms with van der Waals surface area (Å²) in [6.07, 6.45) is 2.13. The summed E-state index contributed by atoms with van der Waals surface area (Å²) in [5, 5.41) is 9.09. The van der Waals surface area contributed by atoms with Crippen molar-refractivity contribution < 1.29 is 12.9 Å². The molecule has 0 amide bonds. The molecule has 2 atom stereocenters. The van der Waals surface area contributed by atoms with Gasteiger partial charge in [0.2, 0.25) is 21.7 Å². The van der Waals surface area contributed by atoms with E-state index in [2.05, 4.69) is 15.1 Å². The SMILES string of the molecule is NS(=O)(=O)c1ccc([C@@H]2C[C@H]2c2nc(-c3ccccc3)no2)nc1. The molecule has 8 heteroatoms. The minimum Gasteiger partial charge on any atom is -0.339 e. The van der Waals surface area contributed by atoms with Crippen LogP contribution >= 0.6 is 0 Å². The summed E-state index contributed by atoms with van der Waals surface area (Å²) >= 11 is 0. The fraction of sp³-hybridized carbons (Fsp3) is 0.188. The summed E-state index contributed by atoms with van der Waals surface area (Å²) in [5.74, 6) is 1.41. The smallest absolute Gasteiger partial charge is 0.239 e. The topological polar surface area (TPSA) is 112 Å². The maximum Gasteiger partial charge on any atom is 0.239 e. The van der Waals surface area contributed by atoms with Gasteiger partial charge in [0.25, 0.3) is 0 Å². The third-order valence-electron chi connectivity index (χ3n) is 4.05. The third-order valence-corrected chi connectivity index (χ3v) is 4.95. The van der Waals surface area contributed by atoms with Crippen molar-refractivity contribution in [1.29, 1.82) is 0 Å². The number of nitrogens with two attached hydrogens (primary N) is 1. The molecule has 0 aliphatic heterocycles. The van der Waals surface area contributed by atoms with Gasteiger partial charge < -0.3 is 4.52 Å². The molecule has 24 heavy (non-hydrogen) atoms. The Morgan fingerprint density at radius 2 is 1.88 bits per heavy atom. The van der Waals surface area contributed by atoms with Crippen LogP contribution in [0.1, 0.15) is 29.8 Å². The van der Waals surface area contributed by atoms with Gasteiger partial charge in [-0.05, 0) is 18.6 Å². The van der Waals surface area contributed by atoms with E-state index >= 15 is 0 Å². The van der Waals surface area contributed by atoms with E-state index in [0.717, 1.165) is 17.7 Å². The predicted molar refractivity (Wildman–Crippen MR) is 85.4 cm³/mol. The maximum absolute atomic E-state index is 11.3. The highest BCUT2D eigenvalue weighted by Crippen LogP contribution is 2.53. The Hall–Kier alpha value is -2.58. The highest BCUT2D eigenvalue weighted by molar-refractivity contribution is 7.89. The van der Waals surface area contributed by atoms with E-state index in [-0.39, 0.29) is 16.7 Å². The Morgan fingerprint density at radius 3 is 2.54 bits per heavy atom. The zero-order chi connectivity index (χ0) is 16.7. The quantitative estimate of drug-likeness (QED) is 0.776. The number of pyridine rings is 1. The van der Waals surface area contributed by atoms with Crippen LogP contribution in [0.5, 0.6) is 0 Å². The molecule has 0 radical (unpaired) electrons. The van der Waals surface area contributed by atoms with Crippen molar-refractivity contribution in [3.8, 4) is 11.4 Å². The van der Waals surface area contributed by atoms with Crippen LogP contribution in [0.15, 0.2) is 58.1 Å². The summed E-state index contributed by atoms with van der Waals surface area (Å²) in [7, 11) is -3.72. The molecular formula is C16H14N4O3S. The number of aromatic nitrogens is 3. The van der Waals surface area contributed by atoms with E-state index < -0.39 is 10.0 Å². The number of benzene rings is 1. The molecule has 1 saturated carbocycles. The molecule has 0 saturated heterocycles. The van der Waals surface area contributed by atoms with Gasteiger partial charge in [-0.1, -0.05) is 35.5 Å². The van der Waals surface area contributed by atoms with Gasteiger partial charge in [0.05, 0.1) is 0 Å². The first kappa shape index (κ1) is 15.0. The van der Waals surface area contributed by atoms with Crippen LogP contribution in [0.4, 0.5) is 0 Å². The first-order valence-corrected chi connectivity index (χ1v) is 8.95. The normalized spacial score (nSPS) is 20.0. The van der Waals surface area contributed by atoms with Crippen LogP contribution in [0, 0.1) is 0 Å². The molecule has 122 valence electrons. The number of sulfonamides is 1. The molecule has 2 N–H and O–H groups in total. The van der Waals surface area contributed by atoms with Crippen molar-refractivity contribution in [2.75, 3.05) is 0 Å². The zero-order valence-corrected chi connectivity index (χ0v) is 13.3. The minimum absolute atomic E-state index is 0.00704. The predicted octanol–water partition coefficient (Wildman–Crippen LogP) is 2.05. The first-order valence-electron chi connectivity index (χ1n) is 7.40. The molecule has 4 rings (SSSR count). The number of rotatable bonds is 4. The van der Waals surface area contributed by atoms with Crippen LogP contribution in [0.3, 0.4) is 0 Å². The van der Waals surface area contributed by atoms with Gasteiger partial charge >= 0.3 is 0 Å². The van der Waals surface area contributed by atoms with Crippen molar-refractivity contribution in [3.63, 3.8) is 0 Å². The molecule has 0 spiro atoms. The lowest BCUT2D eigenvalue weighted by Crippen LogP contribution is -2.12. The van der Waals surface area contributed by atoms with E-state index in [1.807, 2.05) is 30.3 Å². The fourth-order valence-corrected chi connectivity index (χ4v) is 3.12. The molecular weight excluding hydrogens is 328 g/mol. The second-order valence-electron chi connectivity index (χ2n) is 5.73. The summed E-state index contributed by atoms with van der Waals surface area (Å²) < 4.78 is 27.9. The zero-order valence-electron chi connectivity index (χ0n) is 12.5. The van der Waals surface area contributed by atoms with Gasteiger partial charge in [-0.3, -0.25) is 4.98 Å². The van der Waals surface area contributed by atoms with E-state index in [4.69, 9.17) is 9.66 Å². The fourth-order valence-electron chi connectivity index (χ4n) is 2.66. The number of hydrogen-bond donors (Lipinski definition) is 1. The van der Waals surface area contributed by atoms with E-state index in [0.29, 0.717) is 11.7 Å². The Kier molecular flexibility index (Phi) is 3.43. The largest absolute Gasteiger partial charge is 0.339 e. The van der Waals surface area contributed by atoms with Crippen LogP contribution in [-0.2, 0) is 10.0 Å². The monoisotopic (exact) mass is 342 g/mol. The van der Waals surface area contributed by atoms with Crippen molar-refractivity contribution in [3.05, 3.63) is 60.2 Å². The molecule has 2 heterocycles. The second-order valence-corrected chi connectivity index (χ2v) is 7.30. The van der Waals surface area contributed by atoms with E-state index in [9.17, 15) is 8.42 Å². The van der Waals surface area contributed by atoms with Crippen LogP contribution in [0.2, 0.25) is 0 Å². The lowest BCUT2D eigenvalue weighted by Gasteiger charge is -2.00. The highest BCUT2D eigenvalue weighted by atomic mass is 32.2. The summed E-state index contributed by atoms with van der Waals surface area (Å²) in [4.78, 5) is 8.66. The van der Waals surface area contributed by atoms with E-state index in [1.54, 1.807) is 6.07 Å². The lowest BCUT2D eigenvalue weighted by molar-refractivity contribution is 0.378. The van der Waals surface area contributed by atoms with Gasteiger partial charge in [-0.15, -0.1) is 0 Å². The summed E-state index contributed by atoms with van der Waals surface area (Å²) in [5.41, 5.74) is 1.70. The van der Waals surface area contributed by atoms with Gasteiger partial charge in [-0.2, -0.15) is 4.98 Å². The van der Waals surface area contributed by atoms with Crippen molar-refractivity contribution in [2.45, 2.75) is 23.2 Å². The average molecular weight is 342 g/mol. The van der Waals surface area contributed by atoms with Crippen molar-refractivity contribution in [1.82, 2.24) is 15.1 Å². The van der Waals surface area contributed by atoms with Crippen LogP contribution in [0.25, 0.3) is 11.4 Å². The Morgan fingerprint density at radius 1 is 1.08 bits per heavy atom. The van der Waals surface area contributed by atoms with E-state index in [1.165, 1.54) is 12.3 Å². The molecule has 2 aromatic heterocycles.